The van der Waals surface area contributed by atoms with Crippen molar-refractivity contribution in [1.29, 1.82) is 0 Å². The molecule has 18 heavy (non-hydrogen) atoms. The zero-order valence-corrected chi connectivity index (χ0v) is 10.9. The molecule has 1 aromatic carbocycles. The van der Waals surface area contributed by atoms with E-state index in [1.807, 2.05) is 18.2 Å². The Bertz CT molecular complexity index is 411. The summed E-state index contributed by atoms with van der Waals surface area (Å²) in [4.78, 5) is 13.5. The maximum atomic E-state index is 11.2. The van der Waals surface area contributed by atoms with Gasteiger partial charge in [-0.3, -0.25) is 4.79 Å². The van der Waals surface area contributed by atoms with Gasteiger partial charge in [-0.15, -0.1) is 0 Å². The first-order chi connectivity index (χ1) is 8.70. The van der Waals surface area contributed by atoms with E-state index in [9.17, 15) is 4.79 Å². The van der Waals surface area contributed by atoms with Crippen LogP contribution in [-0.4, -0.2) is 25.5 Å². The lowest BCUT2D eigenvalue weighted by molar-refractivity contribution is -0.114. The minimum Gasteiger partial charge on any atom is -0.370 e. The molecule has 1 heterocycles. The van der Waals surface area contributed by atoms with Gasteiger partial charge in [-0.05, 0) is 37.4 Å². The number of amides is 1. The summed E-state index contributed by atoms with van der Waals surface area (Å²) < 4.78 is 0. The standard InChI is InChI=1S/C14H21N3O/c1-11(18)16-13-4-2-3-5-14(13)17-8-6-12(10-15)7-9-17/h2-5,12H,6-10,15H2,1H3,(H,16,18). The van der Waals surface area contributed by atoms with Crippen LogP contribution < -0.4 is 16.0 Å². The molecule has 0 aliphatic carbocycles. The number of para-hydroxylation sites is 2. The summed E-state index contributed by atoms with van der Waals surface area (Å²) in [5.41, 5.74) is 7.72. The summed E-state index contributed by atoms with van der Waals surface area (Å²) in [5.74, 6) is 0.619. The van der Waals surface area contributed by atoms with Gasteiger partial charge in [-0.1, -0.05) is 12.1 Å². The van der Waals surface area contributed by atoms with Gasteiger partial charge in [-0.2, -0.15) is 0 Å². The number of benzene rings is 1. The second-order valence-corrected chi connectivity index (χ2v) is 4.86. The van der Waals surface area contributed by atoms with Gasteiger partial charge in [0.15, 0.2) is 0 Å². The van der Waals surface area contributed by atoms with Gasteiger partial charge in [0.1, 0.15) is 0 Å². The summed E-state index contributed by atoms with van der Waals surface area (Å²) >= 11 is 0. The highest BCUT2D eigenvalue weighted by Crippen LogP contribution is 2.29. The first-order valence-corrected chi connectivity index (χ1v) is 6.52. The smallest absolute Gasteiger partial charge is 0.221 e. The molecule has 0 atom stereocenters. The van der Waals surface area contributed by atoms with Gasteiger partial charge in [0.25, 0.3) is 0 Å². The highest BCUT2D eigenvalue weighted by molar-refractivity contribution is 5.92. The molecule has 1 fully saturated rings. The van der Waals surface area contributed by atoms with Gasteiger partial charge >= 0.3 is 0 Å². The number of anilines is 2. The Balaban J connectivity index is 2.11. The van der Waals surface area contributed by atoms with E-state index in [-0.39, 0.29) is 5.91 Å². The number of carbonyl (C=O) groups excluding carboxylic acids is 1. The molecule has 98 valence electrons. The quantitative estimate of drug-likeness (QED) is 0.856. The third-order valence-electron chi connectivity index (χ3n) is 3.50. The van der Waals surface area contributed by atoms with E-state index in [0.717, 1.165) is 43.9 Å². The Morgan fingerprint density at radius 3 is 2.67 bits per heavy atom. The van der Waals surface area contributed by atoms with Crippen LogP contribution in [0.3, 0.4) is 0 Å². The monoisotopic (exact) mass is 247 g/mol. The molecule has 0 radical (unpaired) electrons. The highest BCUT2D eigenvalue weighted by atomic mass is 16.1. The SMILES string of the molecule is CC(=O)Nc1ccccc1N1CCC(CN)CC1. The summed E-state index contributed by atoms with van der Waals surface area (Å²) in [6, 6.07) is 7.97. The van der Waals surface area contributed by atoms with Crippen LogP contribution in [0.15, 0.2) is 24.3 Å². The Hall–Kier alpha value is -1.55. The van der Waals surface area contributed by atoms with Crippen LogP contribution in [0.25, 0.3) is 0 Å². The van der Waals surface area contributed by atoms with Crippen molar-refractivity contribution in [3.63, 3.8) is 0 Å². The number of rotatable bonds is 3. The Morgan fingerprint density at radius 2 is 2.06 bits per heavy atom. The van der Waals surface area contributed by atoms with Gasteiger partial charge in [0.05, 0.1) is 11.4 Å². The number of piperidine rings is 1. The van der Waals surface area contributed by atoms with E-state index in [1.165, 1.54) is 6.92 Å². The molecule has 4 heteroatoms. The average Bonchev–Trinajstić information content (AvgIpc) is 2.39. The maximum absolute atomic E-state index is 11.2. The minimum absolute atomic E-state index is 0.0284. The van der Waals surface area contributed by atoms with Crippen LogP contribution >= 0.6 is 0 Å². The molecule has 1 aliphatic heterocycles. The summed E-state index contributed by atoms with van der Waals surface area (Å²) in [5, 5.41) is 2.89. The predicted octanol–water partition coefficient (Wildman–Crippen LogP) is 1.82. The second kappa shape index (κ2) is 5.87. The van der Waals surface area contributed by atoms with Crippen molar-refractivity contribution in [2.75, 3.05) is 29.9 Å². The number of nitrogens with two attached hydrogens (primary N) is 1. The second-order valence-electron chi connectivity index (χ2n) is 4.86. The normalized spacial score (nSPS) is 16.7. The third kappa shape index (κ3) is 3.01. The molecule has 4 nitrogen and oxygen atoms in total. The zero-order valence-electron chi connectivity index (χ0n) is 10.9. The molecule has 0 bridgehead atoms. The van der Waals surface area contributed by atoms with E-state index in [0.29, 0.717) is 5.92 Å². The van der Waals surface area contributed by atoms with Crippen LogP contribution in [0.1, 0.15) is 19.8 Å². The largest absolute Gasteiger partial charge is 0.370 e. The van der Waals surface area contributed by atoms with Crippen molar-refractivity contribution in [3.05, 3.63) is 24.3 Å². The van der Waals surface area contributed by atoms with E-state index in [2.05, 4.69) is 16.3 Å². The highest BCUT2D eigenvalue weighted by Gasteiger charge is 2.20. The maximum Gasteiger partial charge on any atom is 0.221 e. The topological polar surface area (TPSA) is 58.4 Å². The van der Waals surface area contributed by atoms with Crippen LogP contribution in [0, 0.1) is 5.92 Å². The lowest BCUT2D eigenvalue weighted by Gasteiger charge is -2.34. The lowest BCUT2D eigenvalue weighted by Crippen LogP contribution is -2.36. The number of hydrogen-bond acceptors (Lipinski definition) is 3. The Labute approximate surface area is 108 Å². The van der Waals surface area contributed by atoms with Crippen LogP contribution in [0.2, 0.25) is 0 Å². The van der Waals surface area contributed by atoms with E-state index in [4.69, 9.17) is 5.73 Å². The molecular formula is C14H21N3O. The van der Waals surface area contributed by atoms with Crippen LogP contribution in [0.5, 0.6) is 0 Å². The van der Waals surface area contributed by atoms with Crippen molar-refractivity contribution < 1.29 is 4.79 Å². The minimum atomic E-state index is -0.0284. The van der Waals surface area contributed by atoms with Crippen LogP contribution in [-0.2, 0) is 4.79 Å². The molecule has 0 spiro atoms. The number of carbonyl (C=O) groups is 1. The molecule has 3 N–H and O–H groups in total. The summed E-state index contributed by atoms with van der Waals surface area (Å²) in [6.45, 7) is 4.34. The van der Waals surface area contributed by atoms with E-state index < -0.39 is 0 Å². The van der Waals surface area contributed by atoms with Crippen molar-refractivity contribution in [2.45, 2.75) is 19.8 Å². The van der Waals surface area contributed by atoms with Gasteiger partial charge in [0, 0.05) is 20.0 Å². The lowest BCUT2D eigenvalue weighted by atomic mass is 9.96. The first-order valence-electron chi connectivity index (χ1n) is 6.52. The van der Waals surface area contributed by atoms with Gasteiger partial charge in [0.2, 0.25) is 5.91 Å². The molecular weight excluding hydrogens is 226 g/mol. The molecule has 1 amide bonds. The third-order valence-corrected chi connectivity index (χ3v) is 3.50. The molecule has 1 aliphatic rings. The van der Waals surface area contributed by atoms with Crippen molar-refractivity contribution in [1.82, 2.24) is 0 Å². The Morgan fingerprint density at radius 1 is 1.39 bits per heavy atom. The number of nitrogens with zero attached hydrogens (tertiary/aromatic N) is 1. The predicted molar refractivity (Wildman–Crippen MR) is 74.7 cm³/mol. The fourth-order valence-electron chi connectivity index (χ4n) is 2.45. The van der Waals surface area contributed by atoms with E-state index >= 15 is 0 Å². The molecule has 0 aromatic heterocycles. The Kier molecular flexibility index (Phi) is 4.20. The zero-order chi connectivity index (χ0) is 13.0. The van der Waals surface area contributed by atoms with Crippen molar-refractivity contribution in [3.8, 4) is 0 Å². The van der Waals surface area contributed by atoms with E-state index in [1.54, 1.807) is 0 Å². The average molecular weight is 247 g/mol. The van der Waals surface area contributed by atoms with Crippen LogP contribution in [0.4, 0.5) is 11.4 Å². The van der Waals surface area contributed by atoms with Crippen molar-refractivity contribution in [2.24, 2.45) is 11.7 Å². The molecule has 1 saturated heterocycles. The first kappa shape index (κ1) is 12.9. The van der Waals surface area contributed by atoms with Gasteiger partial charge < -0.3 is 16.0 Å². The fraction of sp³-hybridized carbons (Fsp3) is 0.500. The fourth-order valence-corrected chi connectivity index (χ4v) is 2.45. The van der Waals surface area contributed by atoms with Crippen molar-refractivity contribution >= 4 is 17.3 Å². The molecule has 1 aromatic rings. The van der Waals surface area contributed by atoms with Gasteiger partial charge in [-0.25, -0.2) is 0 Å². The molecule has 0 saturated carbocycles. The number of nitrogens with one attached hydrogen (secondary N) is 1. The number of hydrogen-bond donors (Lipinski definition) is 2. The molecule has 0 unspecified atom stereocenters. The summed E-state index contributed by atoms with van der Waals surface area (Å²) in [6.07, 6.45) is 2.26. The summed E-state index contributed by atoms with van der Waals surface area (Å²) in [7, 11) is 0. The molecule has 2 rings (SSSR count).